The lowest BCUT2D eigenvalue weighted by atomic mass is 10.3. The maximum absolute atomic E-state index is 5.53. The Morgan fingerprint density at radius 1 is 1.38 bits per heavy atom. The number of guanidine groups is 1. The summed E-state index contributed by atoms with van der Waals surface area (Å²) in [6.07, 6.45) is 0. The topological polar surface area (TPSA) is 45.7 Å². The molecule has 0 amide bonds. The van der Waals surface area contributed by atoms with E-state index >= 15 is 0 Å². The van der Waals surface area contributed by atoms with Crippen molar-refractivity contribution in [2.75, 3.05) is 27.2 Å². The molecule has 0 spiro atoms. The summed E-state index contributed by atoms with van der Waals surface area (Å²) in [6.45, 7) is 1.31. The highest BCUT2D eigenvalue weighted by Gasteiger charge is 1.95. The smallest absolute Gasteiger partial charge is 0.190 e. The number of nitrogens with one attached hydrogen (secondary N) is 2. The third-order valence-electron chi connectivity index (χ3n) is 1.94. The highest BCUT2D eigenvalue weighted by atomic mass is 79.9. The molecule has 1 aromatic carbocycles. The summed E-state index contributed by atoms with van der Waals surface area (Å²) in [5.74, 6) is 1.63. The summed E-state index contributed by atoms with van der Waals surface area (Å²) >= 11 is 3.37. The molecule has 0 bridgehead atoms. The predicted octanol–water partition coefficient (Wildman–Crippen LogP) is 1.62. The van der Waals surface area contributed by atoms with E-state index in [0.29, 0.717) is 13.2 Å². The molecule has 5 heteroatoms. The summed E-state index contributed by atoms with van der Waals surface area (Å²) in [7, 11) is 3.55. The number of hydrogen-bond acceptors (Lipinski definition) is 2. The zero-order valence-corrected chi connectivity index (χ0v) is 11.0. The molecule has 0 fully saturated rings. The van der Waals surface area contributed by atoms with Gasteiger partial charge in [-0.1, -0.05) is 15.9 Å². The van der Waals surface area contributed by atoms with Crippen LogP contribution in [0.25, 0.3) is 0 Å². The minimum absolute atomic E-state index is 0.600. The molecule has 0 unspecified atom stereocenters. The molecule has 0 heterocycles. The van der Waals surface area contributed by atoms with Gasteiger partial charge in [-0.15, -0.1) is 0 Å². The summed E-state index contributed by atoms with van der Waals surface area (Å²) in [5.41, 5.74) is 0. The lowest BCUT2D eigenvalue weighted by molar-refractivity contribution is 0.322. The van der Waals surface area contributed by atoms with Crippen LogP contribution in [0, 0.1) is 0 Å². The van der Waals surface area contributed by atoms with Gasteiger partial charge in [0.25, 0.3) is 0 Å². The average Bonchev–Trinajstić information content (AvgIpc) is 2.32. The van der Waals surface area contributed by atoms with Crippen LogP contribution in [0.2, 0.25) is 0 Å². The average molecular weight is 286 g/mol. The standard InChI is InChI=1S/C11H16BrN3O/c1-13-11(14-2)15-7-8-16-10-5-3-9(12)4-6-10/h3-6H,7-8H2,1-2H3,(H2,13,14,15). The fraction of sp³-hybridized carbons (Fsp3) is 0.364. The Balaban J connectivity index is 2.23. The molecular weight excluding hydrogens is 270 g/mol. The highest BCUT2D eigenvalue weighted by Crippen LogP contribution is 2.15. The number of halogens is 1. The van der Waals surface area contributed by atoms with Crippen LogP contribution in [0.3, 0.4) is 0 Å². The molecule has 2 N–H and O–H groups in total. The van der Waals surface area contributed by atoms with Crippen molar-refractivity contribution in [3.05, 3.63) is 28.7 Å². The van der Waals surface area contributed by atoms with E-state index in [1.165, 1.54) is 0 Å². The van der Waals surface area contributed by atoms with Crippen LogP contribution in [0.15, 0.2) is 33.7 Å². The van der Waals surface area contributed by atoms with E-state index in [0.717, 1.165) is 16.2 Å². The molecule has 0 aliphatic heterocycles. The molecular formula is C11H16BrN3O. The molecule has 0 aliphatic carbocycles. The van der Waals surface area contributed by atoms with Crippen LogP contribution in [-0.4, -0.2) is 33.2 Å². The number of benzene rings is 1. The maximum Gasteiger partial charge on any atom is 0.190 e. The van der Waals surface area contributed by atoms with Crippen LogP contribution < -0.4 is 15.4 Å². The van der Waals surface area contributed by atoms with Crippen LogP contribution in [0.5, 0.6) is 5.75 Å². The van der Waals surface area contributed by atoms with E-state index in [1.807, 2.05) is 31.3 Å². The van der Waals surface area contributed by atoms with Crippen molar-refractivity contribution in [3.63, 3.8) is 0 Å². The van der Waals surface area contributed by atoms with Crippen molar-refractivity contribution in [1.29, 1.82) is 0 Å². The van der Waals surface area contributed by atoms with Gasteiger partial charge in [0.1, 0.15) is 12.4 Å². The van der Waals surface area contributed by atoms with Crippen LogP contribution in [-0.2, 0) is 0 Å². The minimum atomic E-state index is 0.600. The van der Waals surface area contributed by atoms with Crippen molar-refractivity contribution in [2.24, 2.45) is 4.99 Å². The first kappa shape index (κ1) is 12.8. The lowest BCUT2D eigenvalue weighted by Crippen LogP contribution is -2.37. The van der Waals surface area contributed by atoms with E-state index in [4.69, 9.17) is 4.74 Å². The zero-order valence-electron chi connectivity index (χ0n) is 9.46. The molecule has 0 saturated heterocycles. The van der Waals surface area contributed by atoms with E-state index in [2.05, 4.69) is 31.6 Å². The molecule has 0 aliphatic rings. The molecule has 0 atom stereocenters. The number of aliphatic imine (C=N–C) groups is 1. The molecule has 1 rings (SSSR count). The van der Waals surface area contributed by atoms with Gasteiger partial charge in [0.15, 0.2) is 5.96 Å². The van der Waals surface area contributed by atoms with Gasteiger partial charge in [-0.05, 0) is 24.3 Å². The highest BCUT2D eigenvalue weighted by molar-refractivity contribution is 9.10. The number of ether oxygens (including phenoxy) is 1. The van der Waals surface area contributed by atoms with Gasteiger partial charge in [0, 0.05) is 18.6 Å². The van der Waals surface area contributed by atoms with E-state index in [9.17, 15) is 0 Å². The molecule has 0 radical (unpaired) electrons. The Labute approximate surface area is 104 Å². The summed E-state index contributed by atoms with van der Waals surface area (Å²) in [5, 5.41) is 6.04. The molecule has 1 aromatic rings. The monoisotopic (exact) mass is 285 g/mol. The van der Waals surface area contributed by atoms with Gasteiger partial charge in [-0.3, -0.25) is 4.99 Å². The fourth-order valence-electron chi connectivity index (χ4n) is 1.15. The molecule has 0 aromatic heterocycles. The molecule has 88 valence electrons. The van der Waals surface area contributed by atoms with Crippen molar-refractivity contribution >= 4 is 21.9 Å². The van der Waals surface area contributed by atoms with Crippen molar-refractivity contribution in [3.8, 4) is 5.75 Å². The maximum atomic E-state index is 5.53. The first-order chi connectivity index (χ1) is 7.76. The van der Waals surface area contributed by atoms with Gasteiger partial charge in [0.2, 0.25) is 0 Å². The summed E-state index contributed by atoms with van der Waals surface area (Å²) in [4.78, 5) is 4.00. The summed E-state index contributed by atoms with van der Waals surface area (Å²) in [6, 6.07) is 7.76. The van der Waals surface area contributed by atoms with Gasteiger partial charge in [-0.2, -0.15) is 0 Å². The second-order valence-electron chi connectivity index (χ2n) is 3.05. The molecule has 4 nitrogen and oxygen atoms in total. The van der Waals surface area contributed by atoms with Crippen LogP contribution >= 0.6 is 15.9 Å². The normalized spacial score (nSPS) is 11.1. The SMILES string of the molecule is CN=C(NC)NCCOc1ccc(Br)cc1. The Hall–Kier alpha value is -1.23. The molecule has 0 saturated carbocycles. The number of hydrogen-bond donors (Lipinski definition) is 2. The fourth-order valence-corrected chi connectivity index (χ4v) is 1.41. The number of rotatable bonds is 4. The second-order valence-corrected chi connectivity index (χ2v) is 3.97. The predicted molar refractivity (Wildman–Crippen MR) is 70.1 cm³/mol. The zero-order chi connectivity index (χ0) is 11.8. The minimum Gasteiger partial charge on any atom is -0.492 e. The van der Waals surface area contributed by atoms with Crippen LogP contribution in [0.1, 0.15) is 0 Å². The Kier molecular flexibility index (Phi) is 5.71. The Bertz CT molecular complexity index is 338. The largest absolute Gasteiger partial charge is 0.492 e. The van der Waals surface area contributed by atoms with E-state index in [1.54, 1.807) is 7.05 Å². The third kappa shape index (κ3) is 4.53. The Morgan fingerprint density at radius 2 is 2.06 bits per heavy atom. The van der Waals surface area contributed by atoms with Crippen molar-refractivity contribution in [2.45, 2.75) is 0 Å². The van der Waals surface area contributed by atoms with Gasteiger partial charge in [-0.25, -0.2) is 0 Å². The van der Waals surface area contributed by atoms with Gasteiger partial charge >= 0.3 is 0 Å². The van der Waals surface area contributed by atoms with Gasteiger partial charge < -0.3 is 15.4 Å². The van der Waals surface area contributed by atoms with E-state index in [-0.39, 0.29) is 0 Å². The van der Waals surface area contributed by atoms with Crippen molar-refractivity contribution in [1.82, 2.24) is 10.6 Å². The third-order valence-corrected chi connectivity index (χ3v) is 2.47. The lowest BCUT2D eigenvalue weighted by Gasteiger charge is -2.09. The first-order valence-electron chi connectivity index (χ1n) is 5.03. The van der Waals surface area contributed by atoms with Crippen molar-refractivity contribution < 1.29 is 4.74 Å². The quantitative estimate of drug-likeness (QED) is 0.502. The molecule has 16 heavy (non-hydrogen) atoms. The number of nitrogens with zero attached hydrogens (tertiary/aromatic N) is 1. The Morgan fingerprint density at radius 3 is 2.62 bits per heavy atom. The first-order valence-corrected chi connectivity index (χ1v) is 5.82. The van der Waals surface area contributed by atoms with Crippen LogP contribution in [0.4, 0.5) is 0 Å². The second kappa shape index (κ2) is 7.11. The van der Waals surface area contributed by atoms with E-state index < -0.39 is 0 Å². The summed E-state index contributed by atoms with van der Waals surface area (Å²) < 4.78 is 6.58. The van der Waals surface area contributed by atoms with Gasteiger partial charge in [0.05, 0.1) is 6.54 Å².